The number of phenolic OH excluding ortho intramolecular Hbond substituents is 1. The number of hydrogen-bond donors (Lipinski definition) is 1. The van der Waals surface area contributed by atoms with Crippen molar-refractivity contribution in [2.75, 3.05) is 0 Å². The molecular weight excluding hydrogens is 171 g/mol. The number of halogens is 2. The van der Waals surface area contributed by atoms with E-state index in [0.717, 1.165) is 0 Å². The molecular formula is C7H5Cl2O. The van der Waals surface area contributed by atoms with E-state index in [1.54, 1.807) is 12.1 Å². The van der Waals surface area contributed by atoms with E-state index in [1.807, 2.05) is 0 Å². The molecule has 0 atom stereocenters. The standard InChI is InChI=1S/C7H5Cl2O/c1-4-2-3-5(8)6(9)7(4)10/h2-3,10H,1H2. The molecule has 10 heavy (non-hydrogen) atoms. The molecule has 1 aromatic carbocycles. The Morgan fingerprint density at radius 2 is 1.90 bits per heavy atom. The van der Waals surface area contributed by atoms with Crippen LogP contribution in [0.5, 0.6) is 5.75 Å². The molecule has 1 nitrogen and oxygen atoms in total. The van der Waals surface area contributed by atoms with E-state index in [2.05, 4.69) is 6.92 Å². The minimum atomic E-state index is -0.0471. The lowest BCUT2D eigenvalue weighted by molar-refractivity contribution is 0.473. The summed E-state index contributed by atoms with van der Waals surface area (Å²) in [6.07, 6.45) is 0. The number of phenols is 1. The van der Waals surface area contributed by atoms with Crippen LogP contribution in [-0.2, 0) is 0 Å². The summed E-state index contributed by atoms with van der Waals surface area (Å²) in [5, 5.41) is 9.61. The molecule has 0 spiro atoms. The lowest BCUT2D eigenvalue weighted by Gasteiger charge is -2.00. The molecule has 3 heteroatoms. The minimum Gasteiger partial charge on any atom is -0.506 e. The summed E-state index contributed by atoms with van der Waals surface area (Å²) >= 11 is 11.1. The molecule has 1 N–H and O–H groups in total. The van der Waals surface area contributed by atoms with E-state index in [1.165, 1.54) is 0 Å². The maximum atomic E-state index is 9.11. The van der Waals surface area contributed by atoms with Gasteiger partial charge in [0.1, 0.15) is 10.8 Å². The monoisotopic (exact) mass is 175 g/mol. The maximum Gasteiger partial charge on any atom is 0.138 e. The Hall–Kier alpha value is -0.400. The van der Waals surface area contributed by atoms with Gasteiger partial charge >= 0.3 is 0 Å². The van der Waals surface area contributed by atoms with E-state index < -0.39 is 0 Å². The SMILES string of the molecule is [CH2]c1ccc(Cl)c(Cl)c1O. The Morgan fingerprint density at radius 3 is 2.40 bits per heavy atom. The number of aromatic hydroxyl groups is 1. The van der Waals surface area contributed by atoms with Gasteiger partial charge in [-0.05, 0) is 18.6 Å². The van der Waals surface area contributed by atoms with Crippen LogP contribution < -0.4 is 0 Å². The molecule has 53 valence electrons. The Kier molecular flexibility index (Phi) is 2.07. The van der Waals surface area contributed by atoms with Crippen LogP contribution in [-0.4, -0.2) is 5.11 Å². The van der Waals surface area contributed by atoms with Crippen molar-refractivity contribution in [1.29, 1.82) is 0 Å². The average Bonchev–Trinajstić information content (AvgIpc) is 1.93. The van der Waals surface area contributed by atoms with Gasteiger partial charge in [-0.25, -0.2) is 0 Å². The highest BCUT2D eigenvalue weighted by Crippen LogP contribution is 2.33. The first-order valence-corrected chi connectivity index (χ1v) is 3.37. The summed E-state index contributed by atoms with van der Waals surface area (Å²) in [4.78, 5) is 0. The zero-order valence-electron chi connectivity index (χ0n) is 5.06. The molecule has 0 aliphatic carbocycles. The molecule has 1 radical (unpaired) electrons. The van der Waals surface area contributed by atoms with Crippen LogP contribution >= 0.6 is 23.2 Å². The smallest absolute Gasteiger partial charge is 0.138 e. The topological polar surface area (TPSA) is 20.2 Å². The molecule has 0 saturated heterocycles. The second-order valence-corrected chi connectivity index (χ2v) is 2.65. The Balaban J connectivity index is 3.34. The molecule has 0 aliphatic heterocycles. The van der Waals surface area contributed by atoms with Crippen LogP contribution in [0.15, 0.2) is 12.1 Å². The molecule has 0 heterocycles. The van der Waals surface area contributed by atoms with Gasteiger partial charge in [0.2, 0.25) is 0 Å². The van der Waals surface area contributed by atoms with Gasteiger partial charge < -0.3 is 5.11 Å². The van der Waals surface area contributed by atoms with Crippen molar-refractivity contribution in [2.45, 2.75) is 0 Å². The fourth-order valence-electron chi connectivity index (χ4n) is 0.580. The van der Waals surface area contributed by atoms with Gasteiger partial charge in [-0.1, -0.05) is 29.3 Å². The summed E-state index contributed by atoms with van der Waals surface area (Å²) in [7, 11) is 0. The van der Waals surface area contributed by atoms with Crippen LogP contribution in [0.4, 0.5) is 0 Å². The van der Waals surface area contributed by atoms with Gasteiger partial charge in [-0.3, -0.25) is 0 Å². The van der Waals surface area contributed by atoms with Crippen molar-refractivity contribution >= 4 is 23.2 Å². The summed E-state index contributed by atoms with van der Waals surface area (Å²) in [5.41, 5.74) is 0.481. The van der Waals surface area contributed by atoms with E-state index in [9.17, 15) is 0 Å². The molecule has 0 aromatic heterocycles. The van der Waals surface area contributed by atoms with Gasteiger partial charge in [-0.15, -0.1) is 0 Å². The molecule has 1 aromatic rings. The van der Waals surface area contributed by atoms with Crippen molar-refractivity contribution in [3.8, 4) is 5.75 Å². The van der Waals surface area contributed by atoms with E-state index in [-0.39, 0.29) is 10.8 Å². The third kappa shape index (κ3) is 1.20. The number of benzene rings is 1. The fraction of sp³-hybridized carbons (Fsp3) is 0. The van der Waals surface area contributed by atoms with Crippen molar-refractivity contribution < 1.29 is 5.11 Å². The third-order valence-corrected chi connectivity index (χ3v) is 1.95. The van der Waals surface area contributed by atoms with E-state index >= 15 is 0 Å². The summed E-state index contributed by atoms with van der Waals surface area (Å²) in [5.74, 6) is -0.0471. The predicted molar refractivity (Wildman–Crippen MR) is 42.6 cm³/mol. The molecule has 0 saturated carbocycles. The van der Waals surface area contributed by atoms with Gasteiger partial charge in [0.25, 0.3) is 0 Å². The zero-order chi connectivity index (χ0) is 7.72. The molecule has 0 amide bonds. The largest absolute Gasteiger partial charge is 0.506 e. The van der Waals surface area contributed by atoms with Crippen molar-refractivity contribution in [2.24, 2.45) is 0 Å². The lowest BCUT2D eigenvalue weighted by atomic mass is 10.2. The van der Waals surface area contributed by atoms with Crippen LogP contribution in [0.1, 0.15) is 5.56 Å². The van der Waals surface area contributed by atoms with Crippen LogP contribution in [0, 0.1) is 6.92 Å². The molecule has 0 fully saturated rings. The number of hydrogen-bond acceptors (Lipinski definition) is 1. The summed E-state index contributed by atoms with van der Waals surface area (Å²) in [6.45, 7) is 3.53. The maximum absolute atomic E-state index is 9.11. The number of rotatable bonds is 0. The molecule has 0 bridgehead atoms. The second kappa shape index (κ2) is 2.69. The van der Waals surface area contributed by atoms with E-state index in [0.29, 0.717) is 10.6 Å². The second-order valence-electron chi connectivity index (χ2n) is 1.87. The normalized spacial score (nSPS) is 9.90. The first-order valence-electron chi connectivity index (χ1n) is 2.62. The van der Waals surface area contributed by atoms with E-state index in [4.69, 9.17) is 28.3 Å². The molecule has 1 rings (SSSR count). The Bertz CT molecular complexity index is 231. The van der Waals surface area contributed by atoms with Crippen molar-refractivity contribution in [1.82, 2.24) is 0 Å². The zero-order valence-corrected chi connectivity index (χ0v) is 6.58. The lowest BCUT2D eigenvalue weighted by Crippen LogP contribution is -1.75. The minimum absolute atomic E-state index is 0.0471. The Labute approximate surface area is 69.2 Å². The van der Waals surface area contributed by atoms with Crippen molar-refractivity contribution in [3.05, 3.63) is 34.7 Å². The molecule has 0 aliphatic rings. The summed E-state index contributed by atoms with van der Waals surface area (Å²) < 4.78 is 0. The predicted octanol–water partition coefficient (Wildman–Crippen LogP) is 2.88. The fourth-order valence-corrected chi connectivity index (χ4v) is 0.917. The van der Waals surface area contributed by atoms with Gasteiger partial charge in [-0.2, -0.15) is 0 Å². The molecule has 0 unspecified atom stereocenters. The van der Waals surface area contributed by atoms with Gasteiger partial charge in [0.15, 0.2) is 0 Å². The quantitative estimate of drug-likeness (QED) is 0.644. The summed E-state index contributed by atoms with van der Waals surface area (Å²) in [6, 6.07) is 3.19. The third-order valence-electron chi connectivity index (χ3n) is 1.15. The first kappa shape index (κ1) is 7.70. The van der Waals surface area contributed by atoms with Crippen LogP contribution in [0.2, 0.25) is 10.0 Å². The van der Waals surface area contributed by atoms with Gasteiger partial charge in [0.05, 0.1) is 5.02 Å². The average molecular weight is 176 g/mol. The van der Waals surface area contributed by atoms with Crippen LogP contribution in [0.25, 0.3) is 0 Å². The highest BCUT2D eigenvalue weighted by atomic mass is 35.5. The van der Waals surface area contributed by atoms with Gasteiger partial charge in [0, 0.05) is 0 Å². The van der Waals surface area contributed by atoms with Crippen molar-refractivity contribution in [3.63, 3.8) is 0 Å². The Morgan fingerprint density at radius 1 is 1.30 bits per heavy atom. The first-order chi connectivity index (χ1) is 4.63. The highest BCUT2D eigenvalue weighted by molar-refractivity contribution is 6.43. The highest BCUT2D eigenvalue weighted by Gasteiger charge is 2.04. The van der Waals surface area contributed by atoms with Crippen LogP contribution in [0.3, 0.4) is 0 Å².